The van der Waals surface area contributed by atoms with E-state index in [1.165, 1.54) is 31.4 Å². The van der Waals surface area contributed by atoms with Gasteiger partial charge in [0.1, 0.15) is 0 Å². The third-order valence-corrected chi connectivity index (χ3v) is 6.07. The Morgan fingerprint density at radius 2 is 1.81 bits per heavy atom. The second kappa shape index (κ2) is 7.59. The third kappa shape index (κ3) is 4.05. The van der Waals surface area contributed by atoms with Crippen molar-refractivity contribution in [1.29, 1.82) is 0 Å². The fraction of sp³-hybridized carbons (Fsp3) is 0.650. The molecule has 1 amide bonds. The number of fused-ring (bicyclic) bond motifs is 1. The van der Waals surface area contributed by atoms with E-state index in [2.05, 4.69) is 11.9 Å². The molecule has 2 aliphatic rings. The summed E-state index contributed by atoms with van der Waals surface area (Å²) < 4.78 is 38.0. The van der Waals surface area contributed by atoms with E-state index in [1.54, 1.807) is 0 Å². The van der Waals surface area contributed by atoms with Crippen LogP contribution in [0.2, 0.25) is 0 Å². The predicted molar refractivity (Wildman–Crippen MR) is 94.7 cm³/mol. The van der Waals surface area contributed by atoms with Gasteiger partial charge in [0.2, 0.25) is 5.91 Å². The molecule has 1 heterocycles. The van der Waals surface area contributed by atoms with Crippen LogP contribution in [-0.4, -0.2) is 48.4 Å². The molecule has 0 aromatic heterocycles. The summed E-state index contributed by atoms with van der Waals surface area (Å²) in [7, 11) is 3.99. The van der Waals surface area contributed by atoms with Crippen LogP contribution >= 0.6 is 0 Å². The van der Waals surface area contributed by atoms with E-state index in [4.69, 9.17) is 0 Å². The summed E-state index contributed by atoms with van der Waals surface area (Å²) in [5.74, 6) is 0.628. The molecule has 26 heavy (non-hydrogen) atoms. The van der Waals surface area contributed by atoms with Crippen LogP contribution in [0.1, 0.15) is 43.2 Å². The average molecular weight is 368 g/mol. The monoisotopic (exact) mass is 368 g/mol. The van der Waals surface area contributed by atoms with Gasteiger partial charge in [0.05, 0.1) is 12.0 Å². The van der Waals surface area contributed by atoms with Crippen LogP contribution < -0.4 is 0 Å². The van der Waals surface area contributed by atoms with Gasteiger partial charge in [-0.15, -0.1) is 0 Å². The van der Waals surface area contributed by atoms with Gasteiger partial charge >= 0.3 is 6.18 Å². The van der Waals surface area contributed by atoms with Gasteiger partial charge in [-0.25, -0.2) is 0 Å². The van der Waals surface area contributed by atoms with Crippen molar-refractivity contribution in [3.8, 4) is 0 Å². The van der Waals surface area contributed by atoms with Crippen molar-refractivity contribution >= 4 is 5.91 Å². The SMILES string of the molecule is CN1CCCC2CCCC(N(C)C(=O)Cc3ccc(C(F)(F)F)cc3)C21. The van der Waals surface area contributed by atoms with Crippen LogP contribution in [0.15, 0.2) is 24.3 Å². The van der Waals surface area contributed by atoms with E-state index >= 15 is 0 Å². The first-order chi connectivity index (χ1) is 12.3. The highest BCUT2D eigenvalue weighted by Gasteiger charge is 2.40. The second-order valence-electron chi connectivity index (χ2n) is 7.75. The third-order valence-electron chi connectivity index (χ3n) is 6.07. The molecule has 1 aliphatic carbocycles. The van der Waals surface area contributed by atoms with E-state index in [1.807, 2.05) is 11.9 Å². The zero-order chi connectivity index (χ0) is 18.9. The van der Waals surface area contributed by atoms with Crippen LogP contribution in [0.3, 0.4) is 0 Å². The lowest BCUT2D eigenvalue weighted by molar-refractivity contribution is -0.137. The van der Waals surface area contributed by atoms with Crippen molar-refractivity contribution in [3.05, 3.63) is 35.4 Å². The standard InChI is InChI=1S/C20H27F3N2O/c1-24-12-4-6-15-5-3-7-17(19(15)24)25(2)18(26)13-14-8-10-16(11-9-14)20(21,22)23/h8-11,15,17,19H,3-7,12-13H2,1-2H3. The molecular formula is C20H27F3N2O. The first-order valence-electron chi connectivity index (χ1n) is 9.39. The number of rotatable bonds is 3. The molecule has 0 radical (unpaired) electrons. The van der Waals surface area contributed by atoms with Gasteiger partial charge in [-0.2, -0.15) is 13.2 Å². The lowest BCUT2D eigenvalue weighted by Gasteiger charge is -2.49. The number of halogens is 3. The Morgan fingerprint density at radius 1 is 1.15 bits per heavy atom. The maximum Gasteiger partial charge on any atom is 0.416 e. The van der Waals surface area contributed by atoms with Crippen LogP contribution in [0.5, 0.6) is 0 Å². The number of amides is 1. The van der Waals surface area contributed by atoms with Gasteiger partial charge in [0.25, 0.3) is 0 Å². The molecule has 3 unspecified atom stereocenters. The van der Waals surface area contributed by atoms with Crippen molar-refractivity contribution in [2.24, 2.45) is 5.92 Å². The van der Waals surface area contributed by atoms with Gasteiger partial charge < -0.3 is 9.80 Å². The molecule has 3 nitrogen and oxygen atoms in total. The molecular weight excluding hydrogens is 341 g/mol. The van der Waals surface area contributed by atoms with Crippen molar-refractivity contribution in [3.63, 3.8) is 0 Å². The summed E-state index contributed by atoms with van der Waals surface area (Å²) in [6.07, 6.45) is 1.61. The lowest BCUT2D eigenvalue weighted by Crippen LogP contribution is -2.58. The van der Waals surface area contributed by atoms with Gasteiger partial charge in [-0.05, 0) is 62.9 Å². The van der Waals surface area contributed by atoms with Crippen molar-refractivity contribution < 1.29 is 18.0 Å². The molecule has 6 heteroatoms. The topological polar surface area (TPSA) is 23.6 Å². The number of hydrogen-bond acceptors (Lipinski definition) is 2. The maximum atomic E-state index is 12.8. The number of likely N-dealkylation sites (tertiary alicyclic amines) is 1. The minimum atomic E-state index is -4.35. The van der Waals surface area contributed by atoms with Gasteiger partial charge in [-0.3, -0.25) is 4.79 Å². The molecule has 1 aromatic carbocycles. The summed E-state index contributed by atoms with van der Waals surface area (Å²) >= 11 is 0. The molecule has 1 aliphatic heterocycles. The molecule has 0 bridgehead atoms. The Hall–Kier alpha value is -1.56. The number of likely N-dealkylation sites (N-methyl/N-ethyl adjacent to an activating group) is 2. The number of nitrogens with zero attached hydrogens (tertiary/aromatic N) is 2. The maximum absolute atomic E-state index is 12.8. The Bertz CT molecular complexity index is 627. The Kier molecular flexibility index (Phi) is 5.61. The van der Waals surface area contributed by atoms with E-state index in [9.17, 15) is 18.0 Å². The van der Waals surface area contributed by atoms with Crippen LogP contribution in [0.25, 0.3) is 0 Å². The average Bonchev–Trinajstić information content (AvgIpc) is 2.60. The number of carbonyl (C=O) groups excluding carboxylic acids is 1. The fourth-order valence-corrected chi connectivity index (χ4v) is 4.68. The zero-order valence-corrected chi connectivity index (χ0v) is 15.4. The van der Waals surface area contributed by atoms with Gasteiger partial charge in [-0.1, -0.05) is 18.6 Å². The zero-order valence-electron chi connectivity index (χ0n) is 15.4. The van der Waals surface area contributed by atoms with Crippen molar-refractivity contribution in [2.75, 3.05) is 20.6 Å². The Balaban J connectivity index is 1.67. The molecule has 0 N–H and O–H groups in total. The molecule has 3 rings (SSSR count). The fourth-order valence-electron chi connectivity index (χ4n) is 4.68. The van der Waals surface area contributed by atoms with E-state index in [-0.39, 0.29) is 18.4 Å². The van der Waals surface area contributed by atoms with Crippen molar-refractivity contribution in [2.45, 2.75) is 56.8 Å². The number of benzene rings is 1. The molecule has 144 valence electrons. The normalized spacial score (nSPS) is 27.0. The van der Waals surface area contributed by atoms with E-state index < -0.39 is 11.7 Å². The molecule has 1 saturated heterocycles. The molecule has 1 aromatic rings. The quantitative estimate of drug-likeness (QED) is 0.806. The molecule has 1 saturated carbocycles. The van der Waals surface area contributed by atoms with E-state index in [0.29, 0.717) is 17.5 Å². The van der Waals surface area contributed by atoms with E-state index in [0.717, 1.165) is 31.5 Å². The molecule has 0 spiro atoms. The van der Waals surface area contributed by atoms with Crippen LogP contribution in [-0.2, 0) is 17.4 Å². The molecule has 3 atom stereocenters. The van der Waals surface area contributed by atoms with Gasteiger partial charge in [0.15, 0.2) is 0 Å². The first-order valence-corrected chi connectivity index (χ1v) is 9.39. The largest absolute Gasteiger partial charge is 0.416 e. The Morgan fingerprint density at radius 3 is 2.46 bits per heavy atom. The predicted octanol–water partition coefficient (Wildman–Crippen LogP) is 3.97. The number of carbonyl (C=O) groups is 1. The highest BCUT2D eigenvalue weighted by molar-refractivity contribution is 5.79. The summed E-state index contributed by atoms with van der Waals surface area (Å²) in [6.45, 7) is 1.07. The summed E-state index contributed by atoms with van der Waals surface area (Å²) in [5.41, 5.74) is -0.0554. The smallest absolute Gasteiger partial charge is 0.341 e. The van der Waals surface area contributed by atoms with Crippen LogP contribution in [0.4, 0.5) is 13.2 Å². The first kappa shape index (κ1) is 19.2. The summed E-state index contributed by atoms with van der Waals surface area (Å²) in [5, 5.41) is 0. The van der Waals surface area contributed by atoms with Gasteiger partial charge in [0, 0.05) is 19.1 Å². The highest BCUT2D eigenvalue weighted by atomic mass is 19.4. The number of piperidine rings is 1. The summed E-state index contributed by atoms with van der Waals surface area (Å²) in [6, 6.07) is 5.51. The minimum Gasteiger partial charge on any atom is -0.341 e. The second-order valence-corrected chi connectivity index (χ2v) is 7.75. The van der Waals surface area contributed by atoms with Crippen molar-refractivity contribution in [1.82, 2.24) is 9.80 Å². The molecule has 2 fully saturated rings. The number of hydrogen-bond donors (Lipinski definition) is 0. The summed E-state index contributed by atoms with van der Waals surface area (Å²) in [4.78, 5) is 17.0. The van der Waals surface area contributed by atoms with Crippen LogP contribution in [0, 0.1) is 5.92 Å². The number of alkyl halides is 3. The highest BCUT2D eigenvalue weighted by Crippen LogP contribution is 2.37. The lowest BCUT2D eigenvalue weighted by atomic mass is 9.75. The Labute approximate surface area is 153 Å². The minimum absolute atomic E-state index is 0.0191.